The minimum atomic E-state index is 0.542. The molecule has 4 nitrogen and oxygen atoms in total. The number of hydrogen-bond acceptors (Lipinski definition) is 4. The van der Waals surface area contributed by atoms with Crippen molar-refractivity contribution in [3.05, 3.63) is 0 Å². The molecule has 0 aliphatic carbocycles. The zero-order chi connectivity index (χ0) is 14.8. The predicted octanol–water partition coefficient (Wildman–Crippen LogP) is 1.79. The molecule has 1 fully saturated rings. The van der Waals surface area contributed by atoms with Crippen molar-refractivity contribution in [2.75, 3.05) is 52.5 Å². The maximum atomic E-state index is 6.07. The molecule has 0 bridgehead atoms. The second kappa shape index (κ2) is 10.6. The molecule has 1 aliphatic rings. The first kappa shape index (κ1) is 17.9. The molecule has 20 heavy (non-hydrogen) atoms. The molecule has 0 radical (unpaired) electrons. The average molecular weight is 285 g/mol. The molecule has 1 aliphatic heterocycles. The van der Waals surface area contributed by atoms with E-state index in [-0.39, 0.29) is 0 Å². The summed E-state index contributed by atoms with van der Waals surface area (Å²) >= 11 is 0. The quantitative estimate of drug-likeness (QED) is 0.664. The van der Waals surface area contributed by atoms with Crippen LogP contribution in [0.4, 0.5) is 0 Å². The summed E-state index contributed by atoms with van der Waals surface area (Å²) in [5.74, 6) is 0.724. The monoisotopic (exact) mass is 285 g/mol. The van der Waals surface area contributed by atoms with Crippen molar-refractivity contribution < 1.29 is 4.74 Å². The first-order valence-corrected chi connectivity index (χ1v) is 8.50. The smallest absolute Gasteiger partial charge is 0.0469 e. The summed E-state index contributed by atoms with van der Waals surface area (Å²) in [7, 11) is 0. The lowest BCUT2D eigenvalue weighted by Crippen LogP contribution is -2.48. The molecule has 0 aromatic carbocycles. The molecular weight excluding hydrogens is 250 g/mol. The van der Waals surface area contributed by atoms with Gasteiger partial charge in [0, 0.05) is 25.8 Å². The van der Waals surface area contributed by atoms with Crippen LogP contribution in [0, 0.1) is 5.92 Å². The van der Waals surface area contributed by atoms with Crippen molar-refractivity contribution in [1.82, 2.24) is 9.80 Å². The normalized spacial score (nSPS) is 18.9. The van der Waals surface area contributed by atoms with E-state index >= 15 is 0 Å². The summed E-state index contributed by atoms with van der Waals surface area (Å²) in [5, 5.41) is 0. The van der Waals surface area contributed by atoms with E-state index in [1.54, 1.807) is 0 Å². The van der Waals surface area contributed by atoms with E-state index in [2.05, 4.69) is 30.6 Å². The third kappa shape index (κ3) is 5.68. The van der Waals surface area contributed by atoms with Gasteiger partial charge in [-0.15, -0.1) is 0 Å². The summed E-state index contributed by atoms with van der Waals surface area (Å²) in [6.07, 6.45) is 3.60. The highest BCUT2D eigenvalue weighted by molar-refractivity contribution is 4.81. The van der Waals surface area contributed by atoms with Gasteiger partial charge in [0.15, 0.2) is 0 Å². The van der Waals surface area contributed by atoms with E-state index in [4.69, 9.17) is 10.5 Å². The first-order chi connectivity index (χ1) is 9.76. The Morgan fingerprint density at radius 1 is 1.05 bits per heavy atom. The van der Waals surface area contributed by atoms with Gasteiger partial charge >= 0.3 is 0 Å². The van der Waals surface area contributed by atoms with Crippen molar-refractivity contribution in [2.45, 2.75) is 46.1 Å². The van der Waals surface area contributed by atoms with Crippen molar-refractivity contribution in [3.63, 3.8) is 0 Å². The molecule has 1 unspecified atom stereocenters. The molecule has 1 heterocycles. The highest BCUT2D eigenvalue weighted by atomic mass is 16.5. The fourth-order valence-corrected chi connectivity index (χ4v) is 3.34. The van der Waals surface area contributed by atoms with E-state index in [9.17, 15) is 0 Å². The highest BCUT2D eigenvalue weighted by Gasteiger charge is 2.27. The molecule has 0 saturated carbocycles. The molecule has 1 rings (SSSR count). The first-order valence-electron chi connectivity index (χ1n) is 8.50. The molecule has 0 aromatic heterocycles. The van der Waals surface area contributed by atoms with Crippen LogP contribution < -0.4 is 5.73 Å². The Hall–Kier alpha value is -0.160. The number of hydrogen-bond donors (Lipinski definition) is 1. The van der Waals surface area contributed by atoms with Crippen molar-refractivity contribution in [3.8, 4) is 0 Å². The van der Waals surface area contributed by atoms with Crippen molar-refractivity contribution in [1.29, 1.82) is 0 Å². The van der Waals surface area contributed by atoms with Gasteiger partial charge in [0.05, 0.1) is 0 Å². The van der Waals surface area contributed by atoms with Crippen molar-refractivity contribution >= 4 is 0 Å². The van der Waals surface area contributed by atoms with Gasteiger partial charge in [0.1, 0.15) is 0 Å². The fraction of sp³-hybridized carbons (Fsp3) is 1.00. The summed E-state index contributed by atoms with van der Waals surface area (Å²) in [5.41, 5.74) is 6.07. The lowest BCUT2D eigenvalue weighted by Gasteiger charge is -2.38. The maximum Gasteiger partial charge on any atom is 0.0469 e. The van der Waals surface area contributed by atoms with Crippen LogP contribution in [-0.2, 0) is 4.74 Å². The lowest BCUT2D eigenvalue weighted by molar-refractivity contribution is 0.0279. The topological polar surface area (TPSA) is 41.7 Å². The summed E-state index contributed by atoms with van der Waals surface area (Å²) < 4.78 is 5.48. The third-order valence-corrected chi connectivity index (χ3v) is 4.74. The van der Waals surface area contributed by atoms with Gasteiger partial charge in [0.2, 0.25) is 0 Å². The van der Waals surface area contributed by atoms with Crippen LogP contribution in [0.25, 0.3) is 0 Å². The van der Waals surface area contributed by atoms with Crippen LogP contribution in [0.2, 0.25) is 0 Å². The van der Waals surface area contributed by atoms with Gasteiger partial charge in [-0.2, -0.15) is 0 Å². The Balaban J connectivity index is 2.41. The predicted molar refractivity (Wildman–Crippen MR) is 86.0 cm³/mol. The SMILES string of the molecule is CCN(CC)CCCN(CC)C(CN)C1CCOCC1. The zero-order valence-electron chi connectivity index (χ0n) is 13.8. The molecule has 2 N–H and O–H groups in total. The summed E-state index contributed by atoms with van der Waals surface area (Å²) in [4.78, 5) is 5.10. The second-order valence-electron chi connectivity index (χ2n) is 5.76. The Bertz CT molecular complexity index is 228. The van der Waals surface area contributed by atoms with E-state index in [1.165, 1.54) is 32.4 Å². The highest BCUT2D eigenvalue weighted by Crippen LogP contribution is 2.22. The minimum Gasteiger partial charge on any atom is -0.381 e. The van der Waals surface area contributed by atoms with Gasteiger partial charge in [0.25, 0.3) is 0 Å². The zero-order valence-corrected chi connectivity index (χ0v) is 13.8. The molecule has 0 spiro atoms. The second-order valence-corrected chi connectivity index (χ2v) is 5.76. The van der Waals surface area contributed by atoms with Crippen LogP contribution in [0.5, 0.6) is 0 Å². The Kier molecular flexibility index (Phi) is 9.44. The van der Waals surface area contributed by atoms with E-state index < -0.39 is 0 Å². The van der Waals surface area contributed by atoms with Crippen LogP contribution in [-0.4, -0.2) is 68.3 Å². The molecule has 1 atom stereocenters. The van der Waals surface area contributed by atoms with Crippen LogP contribution >= 0.6 is 0 Å². The molecule has 4 heteroatoms. The van der Waals surface area contributed by atoms with Gasteiger partial charge in [-0.1, -0.05) is 20.8 Å². The molecule has 0 amide bonds. The summed E-state index contributed by atoms with van der Waals surface area (Å²) in [6.45, 7) is 15.2. The molecule has 1 saturated heterocycles. The van der Waals surface area contributed by atoms with Crippen LogP contribution in [0.15, 0.2) is 0 Å². The average Bonchev–Trinajstić information content (AvgIpc) is 2.51. The van der Waals surface area contributed by atoms with Gasteiger partial charge in [-0.3, -0.25) is 4.90 Å². The largest absolute Gasteiger partial charge is 0.381 e. The van der Waals surface area contributed by atoms with Gasteiger partial charge < -0.3 is 15.4 Å². The Morgan fingerprint density at radius 3 is 2.20 bits per heavy atom. The third-order valence-electron chi connectivity index (χ3n) is 4.74. The number of nitrogens with two attached hydrogens (primary N) is 1. The van der Waals surface area contributed by atoms with E-state index in [0.717, 1.165) is 45.3 Å². The number of ether oxygens (including phenoxy) is 1. The Morgan fingerprint density at radius 2 is 1.70 bits per heavy atom. The summed E-state index contributed by atoms with van der Waals surface area (Å²) in [6, 6.07) is 0.542. The minimum absolute atomic E-state index is 0.542. The Labute approximate surface area is 125 Å². The van der Waals surface area contributed by atoms with Gasteiger partial charge in [-0.25, -0.2) is 0 Å². The standard InChI is InChI=1S/C16H35N3O/c1-4-18(5-2)10-7-11-19(6-3)16(14-17)15-8-12-20-13-9-15/h15-16H,4-14,17H2,1-3H3. The number of rotatable bonds is 10. The molecular formula is C16H35N3O. The fourth-order valence-electron chi connectivity index (χ4n) is 3.34. The van der Waals surface area contributed by atoms with E-state index in [1.807, 2.05) is 0 Å². The van der Waals surface area contributed by atoms with Crippen LogP contribution in [0.3, 0.4) is 0 Å². The lowest BCUT2D eigenvalue weighted by atomic mass is 9.90. The van der Waals surface area contributed by atoms with Gasteiger partial charge in [-0.05, 0) is 57.9 Å². The molecule has 0 aromatic rings. The number of likely N-dealkylation sites (N-methyl/N-ethyl adjacent to an activating group) is 1. The van der Waals surface area contributed by atoms with Crippen molar-refractivity contribution in [2.24, 2.45) is 11.7 Å². The number of nitrogens with zero attached hydrogens (tertiary/aromatic N) is 2. The maximum absolute atomic E-state index is 6.07. The van der Waals surface area contributed by atoms with Crippen LogP contribution in [0.1, 0.15) is 40.0 Å². The molecule has 120 valence electrons. The van der Waals surface area contributed by atoms with E-state index in [0.29, 0.717) is 6.04 Å².